The summed E-state index contributed by atoms with van der Waals surface area (Å²) in [5, 5.41) is 9.16. The van der Waals surface area contributed by atoms with Crippen LogP contribution in [0.3, 0.4) is 0 Å². The third-order valence-electron chi connectivity index (χ3n) is 2.95. The first-order valence-corrected chi connectivity index (χ1v) is 5.39. The predicted molar refractivity (Wildman–Crippen MR) is 59.4 cm³/mol. The van der Waals surface area contributed by atoms with Crippen molar-refractivity contribution in [1.82, 2.24) is 4.98 Å². The van der Waals surface area contributed by atoms with Crippen molar-refractivity contribution in [3.8, 4) is 0 Å². The quantitative estimate of drug-likeness (QED) is 0.828. The molecule has 0 aliphatic carbocycles. The predicted octanol–water partition coefficient (Wildman–Crippen LogP) is 0.948. The molecule has 1 aliphatic heterocycles. The molecule has 0 amide bonds. The summed E-state index contributed by atoms with van der Waals surface area (Å²) in [5.41, 5.74) is 0.860. The number of rotatable bonds is 4. The fourth-order valence-electron chi connectivity index (χ4n) is 1.92. The minimum Gasteiger partial charge on any atom is -0.426 e. The molecule has 2 heterocycles. The highest BCUT2D eigenvalue weighted by Crippen LogP contribution is 2.33. The summed E-state index contributed by atoms with van der Waals surface area (Å²) in [7, 11) is 1.63. The lowest BCUT2D eigenvalue weighted by molar-refractivity contribution is 0.105. The number of oxazole rings is 1. The van der Waals surface area contributed by atoms with E-state index in [4.69, 9.17) is 14.3 Å². The Hall–Kier alpha value is -1.07. The van der Waals surface area contributed by atoms with Gasteiger partial charge in [-0.1, -0.05) is 6.92 Å². The molecule has 0 bridgehead atoms. The SMILES string of the molecule is COCc1oc(N2CC(C)(CO)C2)nc1C. The summed E-state index contributed by atoms with van der Waals surface area (Å²) in [6, 6.07) is 0.635. The smallest absolute Gasteiger partial charge is 0.297 e. The van der Waals surface area contributed by atoms with Crippen LogP contribution in [-0.4, -0.2) is 36.9 Å². The molecule has 0 aromatic carbocycles. The van der Waals surface area contributed by atoms with E-state index in [1.807, 2.05) is 11.8 Å². The normalized spacial score (nSPS) is 18.6. The molecule has 0 saturated carbocycles. The lowest BCUT2D eigenvalue weighted by atomic mass is 9.83. The average Bonchev–Trinajstić information content (AvgIpc) is 2.56. The number of hydrogen-bond acceptors (Lipinski definition) is 5. The van der Waals surface area contributed by atoms with Gasteiger partial charge in [-0.05, 0) is 6.92 Å². The summed E-state index contributed by atoms with van der Waals surface area (Å²) >= 11 is 0. The van der Waals surface area contributed by atoms with E-state index in [1.54, 1.807) is 7.11 Å². The number of aryl methyl sites for hydroxylation is 1. The molecule has 5 nitrogen and oxygen atoms in total. The molecule has 1 aromatic heterocycles. The van der Waals surface area contributed by atoms with Crippen LogP contribution in [-0.2, 0) is 11.3 Å². The van der Waals surface area contributed by atoms with Crippen LogP contribution in [0, 0.1) is 12.3 Å². The highest BCUT2D eigenvalue weighted by molar-refractivity contribution is 5.35. The summed E-state index contributed by atoms with van der Waals surface area (Å²) in [4.78, 5) is 6.38. The van der Waals surface area contributed by atoms with Crippen LogP contribution in [0.4, 0.5) is 6.01 Å². The van der Waals surface area contributed by atoms with E-state index < -0.39 is 0 Å². The Balaban J connectivity index is 2.04. The zero-order chi connectivity index (χ0) is 11.8. The number of aliphatic hydroxyl groups is 1. The molecular weight excluding hydrogens is 208 g/mol. The number of hydrogen-bond donors (Lipinski definition) is 1. The molecule has 0 atom stereocenters. The Morgan fingerprint density at radius 1 is 1.56 bits per heavy atom. The fourth-order valence-corrected chi connectivity index (χ4v) is 1.92. The van der Waals surface area contributed by atoms with Crippen LogP contribution in [0.25, 0.3) is 0 Å². The number of nitrogens with zero attached hydrogens (tertiary/aromatic N) is 2. The van der Waals surface area contributed by atoms with E-state index in [2.05, 4.69) is 11.9 Å². The van der Waals surface area contributed by atoms with Crippen LogP contribution in [0.1, 0.15) is 18.4 Å². The highest BCUT2D eigenvalue weighted by atomic mass is 16.5. The van der Waals surface area contributed by atoms with Gasteiger partial charge in [0.2, 0.25) is 0 Å². The van der Waals surface area contributed by atoms with Crippen LogP contribution in [0.2, 0.25) is 0 Å². The first-order valence-electron chi connectivity index (χ1n) is 5.39. The standard InChI is InChI=1S/C11H18N2O3/c1-8-9(4-15-3)16-10(12-8)13-5-11(2,6-13)7-14/h14H,4-7H2,1-3H3. The molecular formula is C11H18N2O3. The van der Waals surface area contributed by atoms with Gasteiger partial charge in [0.1, 0.15) is 6.61 Å². The third-order valence-corrected chi connectivity index (χ3v) is 2.95. The lowest BCUT2D eigenvalue weighted by Gasteiger charge is -2.46. The minimum absolute atomic E-state index is 0.0101. The summed E-state index contributed by atoms with van der Waals surface area (Å²) in [6.07, 6.45) is 0. The number of anilines is 1. The van der Waals surface area contributed by atoms with E-state index >= 15 is 0 Å². The van der Waals surface area contributed by atoms with Gasteiger partial charge in [-0.2, -0.15) is 4.98 Å². The Kier molecular flexibility index (Phi) is 2.90. The molecule has 1 saturated heterocycles. The van der Waals surface area contributed by atoms with Crippen molar-refractivity contribution < 1.29 is 14.3 Å². The van der Waals surface area contributed by atoms with Crippen molar-refractivity contribution in [3.05, 3.63) is 11.5 Å². The van der Waals surface area contributed by atoms with Crippen LogP contribution in [0.15, 0.2) is 4.42 Å². The van der Waals surface area contributed by atoms with Gasteiger partial charge in [0, 0.05) is 25.6 Å². The van der Waals surface area contributed by atoms with Crippen molar-refractivity contribution in [2.24, 2.45) is 5.41 Å². The molecule has 0 unspecified atom stereocenters. The zero-order valence-electron chi connectivity index (χ0n) is 9.99. The lowest BCUT2D eigenvalue weighted by Crippen LogP contribution is -2.56. The molecule has 1 N–H and O–H groups in total. The number of methoxy groups -OCH3 is 1. The maximum absolute atomic E-state index is 9.16. The molecule has 2 rings (SSSR count). The maximum Gasteiger partial charge on any atom is 0.297 e. The second kappa shape index (κ2) is 4.07. The van der Waals surface area contributed by atoms with Gasteiger partial charge in [-0.3, -0.25) is 0 Å². The molecule has 0 spiro atoms. The molecule has 1 aromatic rings. The van der Waals surface area contributed by atoms with E-state index in [0.717, 1.165) is 24.5 Å². The van der Waals surface area contributed by atoms with Gasteiger partial charge < -0.3 is 19.2 Å². The van der Waals surface area contributed by atoms with Gasteiger partial charge >= 0.3 is 0 Å². The van der Waals surface area contributed by atoms with Gasteiger partial charge in [-0.25, -0.2) is 0 Å². The molecule has 1 aliphatic rings. The van der Waals surface area contributed by atoms with E-state index in [-0.39, 0.29) is 12.0 Å². The van der Waals surface area contributed by atoms with Gasteiger partial charge in [0.05, 0.1) is 12.3 Å². The largest absolute Gasteiger partial charge is 0.426 e. The van der Waals surface area contributed by atoms with Crippen molar-refractivity contribution in [2.75, 3.05) is 31.7 Å². The maximum atomic E-state index is 9.16. The third kappa shape index (κ3) is 1.92. The average molecular weight is 226 g/mol. The first-order chi connectivity index (χ1) is 7.58. The topological polar surface area (TPSA) is 58.7 Å². The van der Waals surface area contributed by atoms with Crippen molar-refractivity contribution in [3.63, 3.8) is 0 Å². The Morgan fingerprint density at radius 3 is 2.81 bits per heavy atom. The van der Waals surface area contributed by atoms with Crippen molar-refractivity contribution in [2.45, 2.75) is 20.5 Å². The monoisotopic (exact) mass is 226 g/mol. The Morgan fingerprint density at radius 2 is 2.25 bits per heavy atom. The van der Waals surface area contributed by atoms with E-state index in [9.17, 15) is 0 Å². The summed E-state index contributed by atoms with van der Waals surface area (Å²) < 4.78 is 10.6. The van der Waals surface area contributed by atoms with Crippen LogP contribution >= 0.6 is 0 Å². The molecule has 16 heavy (non-hydrogen) atoms. The molecule has 5 heteroatoms. The second-order valence-corrected chi connectivity index (χ2v) is 4.76. The molecule has 90 valence electrons. The summed E-state index contributed by atoms with van der Waals surface area (Å²) in [6.45, 7) is 6.19. The first kappa shape index (κ1) is 11.4. The van der Waals surface area contributed by atoms with Crippen LogP contribution < -0.4 is 4.90 Å². The Bertz CT molecular complexity index is 369. The van der Waals surface area contributed by atoms with Gasteiger partial charge in [0.15, 0.2) is 5.76 Å². The summed E-state index contributed by atoms with van der Waals surface area (Å²) in [5.74, 6) is 0.773. The number of ether oxygens (including phenoxy) is 1. The van der Waals surface area contributed by atoms with Gasteiger partial charge in [0.25, 0.3) is 6.01 Å². The van der Waals surface area contributed by atoms with E-state index in [0.29, 0.717) is 12.6 Å². The molecule has 0 radical (unpaired) electrons. The van der Waals surface area contributed by atoms with Crippen LogP contribution in [0.5, 0.6) is 0 Å². The van der Waals surface area contributed by atoms with E-state index in [1.165, 1.54) is 0 Å². The van der Waals surface area contributed by atoms with Crippen molar-refractivity contribution in [1.29, 1.82) is 0 Å². The fraction of sp³-hybridized carbons (Fsp3) is 0.727. The molecule has 1 fully saturated rings. The Labute approximate surface area is 95.0 Å². The highest BCUT2D eigenvalue weighted by Gasteiger charge is 2.40. The second-order valence-electron chi connectivity index (χ2n) is 4.76. The number of aliphatic hydroxyl groups excluding tert-OH is 1. The van der Waals surface area contributed by atoms with Crippen molar-refractivity contribution >= 4 is 6.01 Å². The minimum atomic E-state index is -0.0101. The number of aromatic nitrogens is 1. The van der Waals surface area contributed by atoms with Gasteiger partial charge in [-0.15, -0.1) is 0 Å². The zero-order valence-corrected chi connectivity index (χ0v) is 9.99.